The molecule has 0 saturated heterocycles. The number of halogens is 1. The van der Waals surface area contributed by atoms with Gasteiger partial charge in [-0.1, -0.05) is 29.8 Å². The van der Waals surface area contributed by atoms with E-state index in [-0.39, 0.29) is 6.04 Å². The van der Waals surface area contributed by atoms with Gasteiger partial charge in [-0.15, -0.1) is 0 Å². The Balaban J connectivity index is 2.20. The standard InChI is InChI=1S/C16H19ClN2O2/c1-20-15-8-3-11(10-16(15)21-2)9-14(19-18)12-4-6-13(17)7-5-12/h3-8,10,14,19H,9,18H2,1-2H3. The number of hydrogen-bond acceptors (Lipinski definition) is 4. The quantitative estimate of drug-likeness (QED) is 0.636. The maximum Gasteiger partial charge on any atom is 0.160 e. The van der Waals surface area contributed by atoms with Crippen LogP contribution in [0.5, 0.6) is 11.5 Å². The summed E-state index contributed by atoms with van der Waals surface area (Å²) in [6, 6.07) is 13.5. The maximum atomic E-state index is 5.91. The molecule has 112 valence electrons. The summed E-state index contributed by atoms with van der Waals surface area (Å²) in [7, 11) is 3.25. The SMILES string of the molecule is COc1ccc(CC(NN)c2ccc(Cl)cc2)cc1OC. The molecule has 0 amide bonds. The van der Waals surface area contributed by atoms with Gasteiger partial charge in [0.05, 0.1) is 14.2 Å². The van der Waals surface area contributed by atoms with Gasteiger partial charge >= 0.3 is 0 Å². The average molecular weight is 307 g/mol. The van der Waals surface area contributed by atoms with Crippen molar-refractivity contribution in [2.45, 2.75) is 12.5 Å². The molecule has 0 heterocycles. The number of hydrazine groups is 1. The van der Waals surface area contributed by atoms with E-state index in [2.05, 4.69) is 5.43 Å². The number of hydrogen-bond donors (Lipinski definition) is 2. The summed E-state index contributed by atoms with van der Waals surface area (Å²) in [6.07, 6.45) is 0.735. The van der Waals surface area contributed by atoms with Gasteiger partial charge in [-0.05, 0) is 41.8 Å². The van der Waals surface area contributed by atoms with Crippen LogP contribution in [0.2, 0.25) is 5.02 Å². The first-order chi connectivity index (χ1) is 10.2. The zero-order valence-corrected chi connectivity index (χ0v) is 12.9. The van der Waals surface area contributed by atoms with Crippen molar-refractivity contribution in [3.05, 3.63) is 58.6 Å². The van der Waals surface area contributed by atoms with E-state index in [0.29, 0.717) is 16.5 Å². The van der Waals surface area contributed by atoms with Crippen LogP contribution in [0.3, 0.4) is 0 Å². The van der Waals surface area contributed by atoms with Gasteiger partial charge in [-0.25, -0.2) is 0 Å². The van der Waals surface area contributed by atoms with E-state index in [1.807, 2.05) is 42.5 Å². The molecule has 0 saturated carbocycles. The third-order valence-electron chi connectivity index (χ3n) is 3.36. The van der Waals surface area contributed by atoms with Gasteiger partial charge in [0.2, 0.25) is 0 Å². The van der Waals surface area contributed by atoms with Crippen LogP contribution >= 0.6 is 11.6 Å². The van der Waals surface area contributed by atoms with Gasteiger partial charge in [0, 0.05) is 11.1 Å². The van der Waals surface area contributed by atoms with E-state index in [0.717, 1.165) is 17.5 Å². The van der Waals surface area contributed by atoms with Crippen LogP contribution < -0.4 is 20.7 Å². The molecule has 0 radical (unpaired) electrons. The number of nitrogens with two attached hydrogens (primary N) is 1. The third kappa shape index (κ3) is 3.88. The molecule has 3 N–H and O–H groups in total. The Morgan fingerprint density at radius 3 is 2.29 bits per heavy atom. The van der Waals surface area contributed by atoms with Gasteiger partial charge in [0.25, 0.3) is 0 Å². The average Bonchev–Trinajstić information content (AvgIpc) is 2.53. The van der Waals surface area contributed by atoms with Crippen LogP contribution in [0.15, 0.2) is 42.5 Å². The zero-order valence-electron chi connectivity index (χ0n) is 12.1. The second-order valence-electron chi connectivity index (χ2n) is 4.66. The molecule has 0 spiro atoms. The van der Waals surface area contributed by atoms with E-state index in [9.17, 15) is 0 Å². The highest BCUT2D eigenvalue weighted by Crippen LogP contribution is 2.29. The maximum absolute atomic E-state index is 5.91. The second-order valence-corrected chi connectivity index (χ2v) is 5.10. The minimum Gasteiger partial charge on any atom is -0.493 e. The molecule has 21 heavy (non-hydrogen) atoms. The van der Waals surface area contributed by atoms with Gasteiger partial charge < -0.3 is 9.47 Å². The zero-order chi connectivity index (χ0) is 15.2. The summed E-state index contributed by atoms with van der Waals surface area (Å²) in [5.41, 5.74) is 5.02. The molecule has 1 atom stereocenters. The Bertz CT molecular complexity index is 587. The van der Waals surface area contributed by atoms with Crippen molar-refractivity contribution in [2.24, 2.45) is 5.84 Å². The van der Waals surface area contributed by atoms with Crippen molar-refractivity contribution in [1.29, 1.82) is 0 Å². The monoisotopic (exact) mass is 306 g/mol. The number of ether oxygens (including phenoxy) is 2. The Hall–Kier alpha value is -1.75. The van der Waals surface area contributed by atoms with E-state index in [4.69, 9.17) is 26.9 Å². The van der Waals surface area contributed by atoms with Crippen LogP contribution in [0.4, 0.5) is 0 Å². The normalized spacial score (nSPS) is 12.0. The van der Waals surface area contributed by atoms with Crippen LogP contribution in [0.25, 0.3) is 0 Å². The van der Waals surface area contributed by atoms with Crippen LogP contribution in [0, 0.1) is 0 Å². The van der Waals surface area contributed by atoms with Crippen molar-refractivity contribution in [1.82, 2.24) is 5.43 Å². The first-order valence-corrected chi connectivity index (χ1v) is 6.98. The summed E-state index contributed by atoms with van der Waals surface area (Å²) in [4.78, 5) is 0. The van der Waals surface area contributed by atoms with Gasteiger partial charge in [-0.2, -0.15) is 0 Å². The summed E-state index contributed by atoms with van der Waals surface area (Å²) in [5, 5.41) is 0.709. The fraction of sp³-hybridized carbons (Fsp3) is 0.250. The van der Waals surface area contributed by atoms with Gasteiger partial charge in [0.1, 0.15) is 0 Å². The Morgan fingerprint density at radius 2 is 1.71 bits per heavy atom. The number of benzene rings is 2. The first-order valence-electron chi connectivity index (χ1n) is 6.60. The van der Waals surface area contributed by atoms with E-state index >= 15 is 0 Å². The molecule has 2 aromatic rings. The topological polar surface area (TPSA) is 56.5 Å². The molecule has 0 fully saturated rings. The molecule has 1 unspecified atom stereocenters. The lowest BCUT2D eigenvalue weighted by atomic mass is 9.99. The van der Waals surface area contributed by atoms with E-state index < -0.39 is 0 Å². The Labute approximate surface area is 129 Å². The molecule has 4 nitrogen and oxygen atoms in total. The third-order valence-corrected chi connectivity index (χ3v) is 3.61. The largest absolute Gasteiger partial charge is 0.493 e. The van der Waals surface area contributed by atoms with Crippen molar-refractivity contribution >= 4 is 11.6 Å². The van der Waals surface area contributed by atoms with Crippen molar-refractivity contribution in [3.63, 3.8) is 0 Å². The number of methoxy groups -OCH3 is 2. The highest BCUT2D eigenvalue weighted by molar-refractivity contribution is 6.30. The molecule has 2 rings (SSSR count). The number of nitrogens with one attached hydrogen (secondary N) is 1. The fourth-order valence-electron chi connectivity index (χ4n) is 2.21. The molecule has 5 heteroatoms. The van der Waals surface area contributed by atoms with Crippen molar-refractivity contribution in [3.8, 4) is 11.5 Å². The minimum absolute atomic E-state index is 0.000340. The van der Waals surface area contributed by atoms with Crippen molar-refractivity contribution in [2.75, 3.05) is 14.2 Å². The fourth-order valence-corrected chi connectivity index (χ4v) is 2.34. The summed E-state index contributed by atoms with van der Waals surface area (Å²) < 4.78 is 10.6. The lowest BCUT2D eigenvalue weighted by Gasteiger charge is -2.17. The molecule has 0 aliphatic rings. The van der Waals surface area contributed by atoms with Crippen LogP contribution in [0.1, 0.15) is 17.2 Å². The van der Waals surface area contributed by atoms with Gasteiger partial charge in [0.15, 0.2) is 11.5 Å². The minimum atomic E-state index is 0.000340. The summed E-state index contributed by atoms with van der Waals surface area (Å²) >= 11 is 5.91. The van der Waals surface area contributed by atoms with E-state index in [1.54, 1.807) is 14.2 Å². The molecule has 0 aliphatic heterocycles. The highest BCUT2D eigenvalue weighted by atomic mass is 35.5. The van der Waals surface area contributed by atoms with Gasteiger partial charge in [-0.3, -0.25) is 11.3 Å². The molecule has 2 aromatic carbocycles. The lowest BCUT2D eigenvalue weighted by molar-refractivity contribution is 0.354. The summed E-state index contributed by atoms with van der Waals surface area (Å²) in [5.74, 6) is 7.10. The predicted molar refractivity (Wildman–Crippen MR) is 84.8 cm³/mol. The van der Waals surface area contributed by atoms with Crippen LogP contribution in [-0.4, -0.2) is 14.2 Å². The first kappa shape index (κ1) is 15.6. The summed E-state index contributed by atoms with van der Waals surface area (Å²) in [6.45, 7) is 0. The Morgan fingerprint density at radius 1 is 1.05 bits per heavy atom. The smallest absolute Gasteiger partial charge is 0.160 e. The van der Waals surface area contributed by atoms with Crippen LogP contribution in [-0.2, 0) is 6.42 Å². The molecule has 0 aromatic heterocycles. The van der Waals surface area contributed by atoms with E-state index in [1.165, 1.54) is 0 Å². The lowest BCUT2D eigenvalue weighted by Crippen LogP contribution is -2.29. The highest BCUT2D eigenvalue weighted by Gasteiger charge is 2.12. The number of rotatable bonds is 6. The molecule has 0 aliphatic carbocycles. The molecule has 0 bridgehead atoms. The molecular weight excluding hydrogens is 288 g/mol. The second kappa shape index (κ2) is 7.31. The molecular formula is C16H19ClN2O2. The predicted octanol–water partition coefficient (Wildman–Crippen LogP) is 3.10. The van der Waals surface area contributed by atoms with Crippen molar-refractivity contribution < 1.29 is 9.47 Å². The Kier molecular flexibility index (Phi) is 5.44.